The molecule has 0 aliphatic heterocycles. The molecule has 2 aromatic rings. The third-order valence-corrected chi connectivity index (χ3v) is 4.94. The summed E-state index contributed by atoms with van der Waals surface area (Å²) in [6.45, 7) is 5.66. The molecule has 0 N–H and O–H groups in total. The third-order valence-electron chi connectivity index (χ3n) is 4.94. The third kappa shape index (κ3) is 5.96. The minimum Gasteiger partial charge on any atom is -0.328 e. The van der Waals surface area contributed by atoms with Gasteiger partial charge < -0.3 is 4.57 Å². The average Bonchev–Trinajstić information content (AvgIpc) is 2.94. The van der Waals surface area contributed by atoms with Gasteiger partial charge in [0.05, 0.1) is 11.0 Å². The molecule has 134 valence electrons. The zero-order chi connectivity index (χ0) is 17.0. The Balaban J connectivity index is 1.69. The fourth-order valence-corrected chi connectivity index (χ4v) is 3.55. The predicted molar refractivity (Wildman–Crippen MR) is 106 cm³/mol. The van der Waals surface area contributed by atoms with Crippen molar-refractivity contribution in [1.29, 1.82) is 0 Å². The van der Waals surface area contributed by atoms with Crippen LogP contribution in [-0.4, -0.2) is 9.55 Å². The van der Waals surface area contributed by atoms with Crippen molar-refractivity contribution < 1.29 is 0 Å². The van der Waals surface area contributed by atoms with E-state index in [0.29, 0.717) is 0 Å². The van der Waals surface area contributed by atoms with Crippen LogP contribution in [0.1, 0.15) is 90.3 Å². The Bertz CT molecular complexity index is 570. The average molecular weight is 329 g/mol. The molecule has 24 heavy (non-hydrogen) atoms. The van der Waals surface area contributed by atoms with Gasteiger partial charge in [-0.1, -0.05) is 83.8 Å². The molecule has 0 saturated carbocycles. The van der Waals surface area contributed by atoms with Crippen LogP contribution in [0.15, 0.2) is 24.3 Å². The van der Waals surface area contributed by atoms with Gasteiger partial charge in [-0.3, -0.25) is 0 Å². The molecule has 2 nitrogen and oxygen atoms in total. The van der Waals surface area contributed by atoms with Gasteiger partial charge in [0.1, 0.15) is 5.82 Å². The standard InChI is InChI=1S/C22H36N2/c1-3-5-6-7-8-9-10-11-12-15-19-24-21-18-14-13-17-20(21)23-22(24)16-4-2/h13-14,17-18H,3-12,15-16,19H2,1-2H3. The van der Waals surface area contributed by atoms with Gasteiger partial charge >= 0.3 is 0 Å². The van der Waals surface area contributed by atoms with E-state index >= 15 is 0 Å². The quantitative estimate of drug-likeness (QED) is 0.365. The van der Waals surface area contributed by atoms with Crippen molar-refractivity contribution in [3.63, 3.8) is 0 Å². The van der Waals surface area contributed by atoms with Crippen molar-refractivity contribution in [2.24, 2.45) is 0 Å². The Kier molecular flexibility index (Phi) is 8.94. The van der Waals surface area contributed by atoms with E-state index in [-0.39, 0.29) is 0 Å². The summed E-state index contributed by atoms with van der Waals surface area (Å²) in [5.74, 6) is 1.27. The summed E-state index contributed by atoms with van der Waals surface area (Å²) < 4.78 is 2.46. The lowest BCUT2D eigenvalue weighted by Gasteiger charge is -2.09. The van der Waals surface area contributed by atoms with Crippen LogP contribution in [0, 0.1) is 0 Å². The molecule has 0 aliphatic rings. The maximum atomic E-state index is 4.83. The summed E-state index contributed by atoms with van der Waals surface area (Å²) in [5.41, 5.74) is 2.48. The number of hydrogen-bond acceptors (Lipinski definition) is 1. The van der Waals surface area contributed by atoms with E-state index in [1.54, 1.807) is 0 Å². The fourth-order valence-electron chi connectivity index (χ4n) is 3.55. The molecule has 1 aromatic heterocycles. The fraction of sp³-hybridized carbons (Fsp3) is 0.682. The molecule has 1 aromatic carbocycles. The topological polar surface area (TPSA) is 17.8 Å². The molecule has 0 atom stereocenters. The van der Waals surface area contributed by atoms with Crippen LogP contribution in [0.4, 0.5) is 0 Å². The monoisotopic (exact) mass is 328 g/mol. The Labute approximate surface area is 148 Å². The summed E-state index contributed by atoms with van der Waals surface area (Å²) in [4.78, 5) is 4.83. The van der Waals surface area contributed by atoms with Crippen LogP contribution in [-0.2, 0) is 13.0 Å². The van der Waals surface area contributed by atoms with Gasteiger partial charge in [-0.15, -0.1) is 0 Å². The smallest absolute Gasteiger partial charge is 0.109 e. The lowest BCUT2D eigenvalue weighted by Crippen LogP contribution is -2.04. The van der Waals surface area contributed by atoms with Crippen molar-refractivity contribution in [2.75, 3.05) is 0 Å². The Hall–Kier alpha value is -1.31. The first-order valence-corrected chi connectivity index (χ1v) is 10.3. The largest absolute Gasteiger partial charge is 0.328 e. The highest BCUT2D eigenvalue weighted by Crippen LogP contribution is 2.19. The van der Waals surface area contributed by atoms with Crippen LogP contribution in [0.3, 0.4) is 0 Å². The molecule has 0 unspecified atom stereocenters. The highest BCUT2D eigenvalue weighted by Gasteiger charge is 2.08. The molecule has 1 heterocycles. The molecule has 0 saturated heterocycles. The van der Waals surface area contributed by atoms with E-state index in [1.165, 1.54) is 82.0 Å². The Morgan fingerprint density at radius 2 is 1.38 bits per heavy atom. The lowest BCUT2D eigenvalue weighted by molar-refractivity contribution is 0.531. The van der Waals surface area contributed by atoms with Crippen LogP contribution in [0.25, 0.3) is 11.0 Å². The van der Waals surface area contributed by atoms with Crippen LogP contribution in [0.2, 0.25) is 0 Å². The molecule has 2 rings (SSSR count). The summed E-state index contributed by atoms with van der Waals surface area (Å²) in [6, 6.07) is 8.59. The van der Waals surface area contributed by atoms with Crippen molar-refractivity contribution in [1.82, 2.24) is 9.55 Å². The minimum atomic E-state index is 1.09. The number of imidazole rings is 1. The van der Waals surface area contributed by atoms with Gasteiger partial charge in [0.15, 0.2) is 0 Å². The van der Waals surface area contributed by atoms with Crippen molar-refractivity contribution in [3.05, 3.63) is 30.1 Å². The van der Waals surface area contributed by atoms with E-state index in [2.05, 4.69) is 42.7 Å². The second-order valence-electron chi connectivity index (χ2n) is 7.10. The van der Waals surface area contributed by atoms with E-state index < -0.39 is 0 Å². The molecule has 2 heteroatoms. The van der Waals surface area contributed by atoms with Crippen LogP contribution >= 0.6 is 0 Å². The van der Waals surface area contributed by atoms with Gasteiger partial charge in [-0.2, -0.15) is 0 Å². The van der Waals surface area contributed by atoms with Gasteiger partial charge in [-0.25, -0.2) is 4.98 Å². The zero-order valence-electron chi connectivity index (χ0n) is 15.9. The Morgan fingerprint density at radius 1 is 0.750 bits per heavy atom. The molecule has 0 spiro atoms. The van der Waals surface area contributed by atoms with E-state index in [0.717, 1.165) is 18.5 Å². The van der Waals surface area contributed by atoms with Crippen LogP contribution in [0.5, 0.6) is 0 Å². The number of rotatable bonds is 13. The first-order valence-electron chi connectivity index (χ1n) is 10.3. The number of aromatic nitrogens is 2. The predicted octanol–water partition coefficient (Wildman–Crippen LogP) is 6.91. The van der Waals surface area contributed by atoms with Crippen molar-refractivity contribution >= 4 is 11.0 Å². The maximum Gasteiger partial charge on any atom is 0.109 e. The highest BCUT2D eigenvalue weighted by atomic mass is 15.1. The molecule has 0 amide bonds. The second kappa shape index (κ2) is 11.3. The number of nitrogens with zero attached hydrogens (tertiary/aromatic N) is 2. The molecular weight excluding hydrogens is 292 g/mol. The van der Waals surface area contributed by atoms with Crippen LogP contribution < -0.4 is 0 Å². The zero-order valence-corrected chi connectivity index (χ0v) is 15.9. The van der Waals surface area contributed by atoms with Gasteiger partial charge in [0.2, 0.25) is 0 Å². The Morgan fingerprint density at radius 3 is 2.04 bits per heavy atom. The van der Waals surface area contributed by atoms with E-state index in [4.69, 9.17) is 4.98 Å². The first kappa shape index (κ1) is 19.0. The number of benzene rings is 1. The molecule has 0 radical (unpaired) electrons. The number of hydrogen-bond donors (Lipinski definition) is 0. The number of para-hydroxylation sites is 2. The molecule has 0 fully saturated rings. The maximum absolute atomic E-state index is 4.83. The number of aryl methyl sites for hydroxylation is 2. The lowest BCUT2D eigenvalue weighted by atomic mass is 10.1. The SMILES string of the molecule is CCCCCCCCCCCCn1c(CCC)nc2ccccc21. The number of fused-ring (bicyclic) bond motifs is 1. The van der Waals surface area contributed by atoms with Gasteiger partial charge in [0, 0.05) is 13.0 Å². The van der Waals surface area contributed by atoms with Gasteiger partial charge in [0.25, 0.3) is 0 Å². The summed E-state index contributed by atoms with van der Waals surface area (Å²) >= 11 is 0. The first-order chi connectivity index (χ1) is 11.9. The summed E-state index contributed by atoms with van der Waals surface area (Å²) in [7, 11) is 0. The van der Waals surface area contributed by atoms with Crippen molar-refractivity contribution in [2.45, 2.75) is 97.4 Å². The highest BCUT2D eigenvalue weighted by molar-refractivity contribution is 5.75. The second-order valence-corrected chi connectivity index (χ2v) is 7.10. The summed E-state index contributed by atoms with van der Waals surface area (Å²) in [5, 5.41) is 0. The molecule has 0 aliphatic carbocycles. The van der Waals surface area contributed by atoms with Gasteiger partial charge in [-0.05, 0) is 25.0 Å². The molecule has 0 bridgehead atoms. The number of unbranched alkanes of at least 4 members (excludes halogenated alkanes) is 9. The van der Waals surface area contributed by atoms with E-state index in [1.807, 2.05) is 0 Å². The molecular formula is C22H36N2. The normalized spacial score (nSPS) is 11.4. The summed E-state index contributed by atoms with van der Waals surface area (Å²) in [6.07, 6.45) is 16.2. The minimum absolute atomic E-state index is 1.09. The van der Waals surface area contributed by atoms with E-state index in [9.17, 15) is 0 Å². The van der Waals surface area contributed by atoms with Crippen molar-refractivity contribution in [3.8, 4) is 0 Å².